The third-order valence-corrected chi connectivity index (χ3v) is 7.50. The number of hydrogen-bond donors (Lipinski definition) is 0. The molecule has 1 aliphatic rings. The average molecular weight is 484 g/mol. The summed E-state index contributed by atoms with van der Waals surface area (Å²) in [4.78, 5) is 14.0. The number of carbonyl (C=O) groups is 1. The van der Waals surface area contributed by atoms with E-state index in [1.165, 1.54) is 18.5 Å². The fourth-order valence-corrected chi connectivity index (χ4v) is 5.07. The lowest BCUT2D eigenvalue weighted by Gasteiger charge is -2.17. The minimum atomic E-state index is -3.35. The van der Waals surface area contributed by atoms with E-state index in [2.05, 4.69) is 33.8 Å². The van der Waals surface area contributed by atoms with Crippen LogP contribution >= 0.6 is 0 Å². The summed E-state index contributed by atoms with van der Waals surface area (Å²) in [5.41, 5.74) is 2.95. The average Bonchev–Trinajstić information content (AvgIpc) is 3.37. The Labute approximate surface area is 202 Å². The molecule has 0 radical (unpaired) electrons. The molecule has 0 saturated carbocycles. The molecule has 0 N–H and O–H groups in total. The van der Waals surface area contributed by atoms with Gasteiger partial charge in [0.2, 0.25) is 0 Å². The van der Waals surface area contributed by atoms with Gasteiger partial charge in [0, 0.05) is 24.4 Å². The SMILES string of the molecule is C=C(C)C(=O)OCCCCCCS(=O)(=O)c1ccc(N=Nc2ccc(N3CCCC3)cc2)cc1. The van der Waals surface area contributed by atoms with E-state index in [1.54, 1.807) is 31.2 Å². The summed E-state index contributed by atoms with van der Waals surface area (Å²) in [6, 6.07) is 14.5. The van der Waals surface area contributed by atoms with Crippen LogP contribution in [0.2, 0.25) is 0 Å². The van der Waals surface area contributed by atoms with Gasteiger partial charge in [0.15, 0.2) is 9.84 Å². The van der Waals surface area contributed by atoms with Gasteiger partial charge in [0.25, 0.3) is 0 Å². The number of hydrogen-bond acceptors (Lipinski definition) is 7. The number of anilines is 1. The highest BCUT2D eigenvalue weighted by molar-refractivity contribution is 7.91. The number of rotatable bonds is 12. The van der Waals surface area contributed by atoms with Crippen LogP contribution < -0.4 is 4.90 Å². The Balaban J connectivity index is 1.42. The van der Waals surface area contributed by atoms with Crippen molar-refractivity contribution in [3.05, 3.63) is 60.7 Å². The van der Waals surface area contributed by atoms with Crippen LogP contribution in [0, 0.1) is 0 Å². The van der Waals surface area contributed by atoms with Crippen LogP contribution in [0.25, 0.3) is 0 Å². The van der Waals surface area contributed by atoms with E-state index in [-0.39, 0.29) is 16.6 Å². The Morgan fingerprint density at radius 2 is 1.47 bits per heavy atom. The number of azo groups is 1. The van der Waals surface area contributed by atoms with Crippen molar-refractivity contribution in [2.24, 2.45) is 10.2 Å². The molecule has 0 amide bonds. The second kappa shape index (κ2) is 12.5. The molecule has 7 nitrogen and oxygen atoms in total. The standard InChI is InChI=1S/C26H33N3O4S/c1-21(2)26(30)33-19-7-3-4-8-20-34(31,32)25-15-11-23(12-16-25)28-27-22-9-13-24(14-10-22)29-17-5-6-18-29/h9-16H,1,3-8,17-20H2,2H3. The normalized spacial score (nSPS) is 14.0. The molecule has 2 aromatic rings. The lowest BCUT2D eigenvalue weighted by molar-refractivity contribution is -0.139. The highest BCUT2D eigenvalue weighted by atomic mass is 32.2. The molecule has 3 rings (SSSR count). The van der Waals surface area contributed by atoms with Gasteiger partial charge >= 0.3 is 5.97 Å². The number of carbonyl (C=O) groups excluding carboxylic acids is 1. The Morgan fingerprint density at radius 3 is 2.06 bits per heavy atom. The monoisotopic (exact) mass is 483 g/mol. The molecule has 8 heteroatoms. The summed E-state index contributed by atoms with van der Waals surface area (Å²) in [5.74, 6) is -0.302. The number of sulfone groups is 1. The molecule has 182 valence electrons. The fourth-order valence-electron chi connectivity index (χ4n) is 3.69. The highest BCUT2D eigenvalue weighted by Crippen LogP contribution is 2.25. The summed E-state index contributed by atoms with van der Waals surface area (Å²) in [6.45, 7) is 7.67. The minimum Gasteiger partial charge on any atom is -0.462 e. The largest absolute Gasteiger partial charge is 0.462 e. The van der Waals surface area contributed by atoms with E-state index in [1.807, 2.05) is 12.1 Å². The number of benzene rings is 2. The maximum Gasteiger partial charge on any atom is 0.333 e. The number of esters is 1. The quantitative estimate of drug-likeness (QED) is 0.156. The summed E-state index contributed by atoms with van der Waals surface area (Å²) in [6.07, 6.45) is 5.30. The molecule has 0 aliphatic carbocycles. The first-order valence-electron chi connectivity index (χ1n) is 11.8. The number of unbranched alkanes of at least 4 members (excludes halogenated alkanes) is 3. The van der Waals surface area contributed by atoms with Crippen LogP contribution in [0.3, 0.4) is 0 Å². The Bertz CT molecular complexity index is 1090. The highest BCUT2D eigenvalue weighted by Gasteiger charge is 2.14. The van der Waals surface area contributed by atoms with E-state index in [0.29, 0.717) is 30.7 Å². The summed E-state index contributed by atoms with van der Waals surface area (Å²) < 4.78 is 30.2. The summed E-state index contributed by atoms with van der Waals surface area (Å²) >= 11 is 0. The zero-order valence-electron chi connectivity index (χ0n) is 19.8. The zero-order chi connectivity index (χ0) is 24.4. The molecule has 1 aliphatic heterocycles. The van der Waals surface area contributed by atoms with Crippen LogP contribution in [0.15, 0.2) is 75.8 Å². The van der Waals surface area contributed by atoms with Crippen molar-refractivity contribution in [3.8, 4) is 0 Å². The second-order valence-electron chi connectivity index (χ2n) is 8.55. The van der Waals surface area contributed by atoms with Gasteiger partial charge in [-0.05, 0) is 81.1 Å². The lowest BCUT2D eigenvalue weighted by Crippen LogP contribution is -2.17. The first kappa shape index (κ1) is 25.6. The number of nitrogens with zero attached hydrogens (tertiary/aromatic N) is 3. The van der Waals surface area contributed by atoms with Gasteiger partial charge in [-0.2, -0.15) is 10.2 Å². The van der Waals surface area contributed by atoms with Crippen molar-refractivity contribution in [2.45, 2.75) is 50.3 Å². The van der Waals surface area contributed by atoms with Crippen LogP contribution in [-0.4, -0.2) is 39.8 Å². The Morgan fingerprint density at radius 1 is 0.912 bits per heavy atom. The van der Waals surface area contributed by atoms with Gasteiger partial charge in [0.1, 0.15) is 0 Å². The van der Waals surface area contributed by atoms with Crippen molar-refractivity contribution in [2.75, 3.05) is 30.3 Å². The third kappa shape index (κ3) is 7.80. The molecule has 1 heterocycles. The summed E-state index contributed by atoms with van der Waals surface area (Å²) in [5, 5.41) is 8.49. The maximum atomic E-state index is 12.6. The molecule has 1 saturated heterocycles. The zero-order valence-corrected chi connectivity index (χ0v) is 20.6. The molecular weight excluding hydrogens is 450 g/mol. The van der Waals surface area contributed by atoms with Crippen LogP contribution in [-0.2, 0) is 19.4 Å². The van der Waals surface area contributed by atoms with Crippen molar-refractivity contribution < 1.29 is 17.9 Å². The van der Waals surface area contributed by atoms with E-state index in [4.69, 9.17) is 4.74 Å². The molecule has 0 bridgehead atoms. The Kier molecular flexibility index (Phi) is 9.39. The van der Waals surface area contributed by atoms with E-state index in [0.717, 1.165) is 31.6 Å². The topological polar surface area (TPSA) is 88.4 Å². The van der Waals surface area contributed by atoms with Gasteiger partial charge in [-0.25, -0.2) is 13.2 Å². The van der Waals surface area contributed by atoms with E-state index in [9.17, 15) is 13.2 Å². The van der Waals surface area contributed by atoms with E-state index < -0.39 is 9.84 Å². The molecule has 0 aromatic heterocycles. The van der Waals surface area contributed by atoms with Crippen molar-refractivity contribution in [3.63, 3.8) is 0 Å². The molecular formula is C26H33N3O4S. The van der Waals surface area contributed by atoms with E-state index >= 15 is 0 Å². The number of ether oxygens (including phenoxy) is 1. The molecule has 0 spiro atoms. The molecule has 0 atom stereocenters. The van der Waals surface area contributed by atoms with Crippen LogP contribution in [0.5, 0.6) is 0 Å². The maximum absolute atomic E-state index is 12.6. The molecule has 0 unspecified atom stereocenters. The van der Waals surface area contributed by atoms with Crippen molar-refractivity contribution >= 4 is 32.9 Å². The summed E-state index contributed by atoms with van der Waals surface area (Å²) in [7, 11) is -3.35. The molecule has 2 aromatic carbocycles. The van der Waals surface area contributed by atoms with Gasteiger partial charge in [-0.15, -0.1) is 0 Å². The fraction of sp³-hybridized carbons (Fsp3) is 0.423. The van der Waals surface area contributed by atoms with Gasteiger partial charge in [-0.1, -0.05) is 19.4 Å². The van der Waals surface area contributed by atoms with Crippen molar-refractivity contribution in [1.82, 2.24) is 0 Å². The van der Waals surface area contributed by atoms with Crippen LogP contribution in [0.4, 0.5) is 17.1 Å². The molecule has 34 heavy (non-hydrogen) atoms. The minimum absolute atomic E-state index is 0.0861. The second-order valence-corrected chi connectivity index (χ2v) is 10.7. The van der Waals surface area contributed by atoms with Crippen molar-refractivity contribution in [1.29, 1.82) is 0 Å². The van der Waals surface area contributed by atoms with Crippen LogP contribution in [0.1, 0.15) is 45.4 Å². The smallest absolute Gasteiger partial charge is 0.333 e. The Hall–Kier alpha value is -3.00. The lowest BCUT2D eigenvalue weighted by atomic mass is 10.2. The third-order valence-electron chi connectivity index (χ3n) is 5.69. The first-order chi connectivity index (χ1) is 16.3. The molecule has 1 fully saturated rings. The first-order valence-corrected chi connectivity index (χ1v) is 13.4. The van der Waals surface area contributed by atoms with Gasteiger partial charge < -0.3 is 9.64 Å². The van der Waals surface area contributed by atoms with Gasteiger partial charge in [0.05, 0.1) is 28.6 Å². The van der Waals surface area contributed by atoms with Gasteiger partial charge in [-0.3, -0.25) is 0 Å². The predicted molar refractivity (Wildman–Crippen MR) is 135 cm³/mol. The predicted octanol–water partition coefficient (Wildman–Crippen LogP) is 6.16.